The van der Waals surface area contributed by atoms with Crippen molar-refractivity contribution in [2.75, 3.05) is 6.61 Å². The van der Waals surface area contributed by atoms with Crippen LogP contribution in [0, 0.1) is 16.7 Å². The van der Waals surface area contributed by atoms with Crippen LogP contribution in [-0.2, 0) is 4.74 Å². The molecular weight excluding hydrogens is 208 g/mol. The van der Waals surface area contributed by atoms with E-state index in [1.165, 1.54) is 32.1 Å². The van der Waals surface area contributed by atoms with Gasteiger partial charge >= 0.3 is 0 Å². The molecular formula is C16H26O. The predicted molar refractivity (Wildman–Crippen MR) is 70.9 cm³/mol. The fourth-order valence-corrected chi connectivity index (χ4v) is 5.22. The molecule has 2 fully saturated rings. The Labute approximate surface area is 106 Å². The Hall–Kier alpha value is -0.300. The zero-order valence-electron chi connectivity index (χ0n) is 11.8. The van der Waals surface area contributed by atoms with Crippen molar-refractivity contribution >= 4 is 0 Å². The number of hydrogen-bond donors (Lipinski definition) is 0. The van der Waals surface area contributed by atoms with Gasteiger partial charge in [0.05, 0.1) is 12.2 Å². The maximum atomic E-state index is 6.03. The minimum Gasteiger partial charge on any atom is -0.367 e. The Morgan fingerprint density at radius 2 is 1.88 bits per heavy atom. The summed E-state index contributed by atoms with van der Waals surface area (Å²) in [5, 5.41) is 0. The lowest BCUT2D eigenvalue weighted by atomic mass is 9.48. The lowest BCUT2D eigenvalue weighted by Crippen LogP contribution is -2.52. The third-order valence-corrected chi connectivity index (χ3v) is 6.01. The van der Waals surface area contributed by atoms with Crippen LogP contribution in [0.15, 0.2) is 11.6 Å². The van der Waals surface area contributed by atoms with Gasteiger partial charge in [-0.3, -0.25) is 0 Å². The van der Waals surface area contributed by atoms with E-state index in [-0.39, 0.29) is 5.60 Å². The van der Waals surface area contributed by atoms with E-state index in [0.29, 0.717) is 10.8 Å². The monoisotopic (exact) mass is 234 g/mol. The zero-order chi connectivity index (χ0) is 12.3. The van der Waals surface area contributed by atoms with Crippen LogP contribution in [0.5, 0.6) is 0 Å². The molecule has 1 heteroatoms. The van der Waals surface area contributed by atoms with Crippen molar-refractivity contribution in [2.24, 2.45) is 16.7 Å². The van der Waals surface area contributed by atoms with Crippen molar-refractivity contribution in [1.82, 2.24) is 0 Å². The first kappa shape index (κ1) is 11.8. The topological polar surface area (TPSA) is 9.23 Å². The Bertz CT molecular complexity index is 368. The van der Waals surface area contributed by atoms with Crippen molar-refractivity contribution in [3.8, 4) is 0 Å². The van der Waals surface area contributed by atoms with Crippen LogP contribution >= 0.6 is 0 Å². The van der Waals surface area contributed by atoms with E-state index in [1.54, 1.807) is 5.57 Å². The molecule has 0 amide bonds. The summed E-state index contributed by atoms with van der Waals surface area (Å²) < 4.78 is 6.03. The molecule has 96 valence electrons. The first-order valence-corrected chi connectivity index (χ1v) is 7.24. The van der Waals surface area contributed by atoms with Gasteiger partial charge in [0, 0.05) is 0 Å². The van der Waals surface area contributed by atoms with Gasteiger partial charge in [-0.2, -0.15) is 0 Å². The van der Waals surface area contributed by atoms with Crippen LogP contribution in [0.25, 0.3) is 0 Å². The molecule has 0 aromatic rings. The summed E-state index contributed by atoms with van der Waals surface area (Å²) in [6, 6.07) is 0. The van der Waals surface area contributed by atoms with Gasteiger partial charge in [0.15, 0.2) is 0 Å². The van der Waals surface area contributed by atoms with Crippen molar-refractivity contribution in [1.29, 1.82) is 0 Å². The van der Waals surface area contributed by atoms with Crippen molar-refractivity contribution in [3.63, 3.8) is 0 Å². The molecule has 0 N–H and O–H groups in total. The van der Waals surface area contributed by atoms with E-state index in [4.69, 9.17) is 4.74 Å². The van der Waals surface area contributed by atoms with Gasteiger partial charge in [-0.05, 0) is 54.9 Å². The largest absolute Gasteiger partial charge is 0.367 e. The number of rotatable bonds is 0. The van der Waals surface area contributed by atoms with E-state index >= 15 is 0 Å². The molecule has 3 atom stereocenters. The molecule has 0 aromatic heterocycles. The highest BCUT2D eigenvalue weighted by atomic mass is 16.5. The quantitative estimate of drug-likeness (QED) is 0.567. The van der Waals surface area contributed by atoms with Crippen LogP contribution in [0.2, 0.25) is 0 Å². The predicted octanol–water partition coefficient (Wildman–Crippen LogP) is 4.33. The van der Waals surface area contributed by atoms with Gasteiger partial charge in [0.1, 0.15) is 0 Å². The molecule has 0 spiro atoms. The molecule has 1 nitrogen and oxygen atoms in total. The molecule has 3 aliphatic rings. The average Bonchev–Trinajstić information content (AvgIpc) is 2.60. The Morgan fingerprint density at radius 3 is 2.65 bits per heavy atom. The van der Waals surface area contributed by atoms with Gasteiger partial charge in [-0.1, -0.05) is 33.3 Å². The lowest BCUT2D eigenvalue weighted by molar-refractivity contribution is -0.0709. The second-order valence-corrected chi connectivity index (χ2v) is 7.51. The standard InChI is InChI=1S/C16H26O/c1-14(2)8-5-9-15(3)12(14)6-10-16(4)13(15)7-11-17-16/h7,12H,5-6,8-11H2,1-4H3/t12-,15+,16-/m0/s1. The number of ether oxygens (including phenoxy) is 1. The molecule has 0 aromatic carbocycles. The van der Waals surface area contributed by atoms with Crippen LogP contribution in [-0.4, -0.2) is 12.2 Å². The maximum absolute atomic E-state index is 6.03. The van der Waals surface area contributed by atoms with Gasteiger partial charge in [0.2, 0.25) is 0 Å². The highest BCUT2D eigenvalue weighted by Crippen LogP contribution is 2.63. The maximum Gasteiger partial charge on any atom is 0.0874 e. The molecule has 1 heterocycles. The number of fused-ring (bicyclic) bond motifs is 3. The molecule has 3 rings (SSSR count). The van der Waals surface area contributed by atoms with E-state index in [9.17, 15) is 0 Å². The summed E-state index contributed by atoms with van der Waals surface area (Å²) in [7, 11) is 0. The first-order valence-electron chi connectivity index (χ1n) is 7.24. The van der Waals surface area contributed by atoms with Crippen molar-refractivity contribution in [3.05, 3.63) is 11.6 Å². The van der Waals surface area contributed by atoms with E-state index in [2.05, 4.69) is 33.8 Å². The zero-order valence-corrected chi connectivity index (χ0v) is 11.8. The molecule has 0 saturated heterocycles. The molecule has 1 aliphatic heterocycles. The third kappa shape index (κ3) is 1.47. The Morgan fingerprint density at radius 1 is 1.12 bits per heavy atom. The first-order chi connectivity index (χ1) is 7.89. The molecule has 0 radical (unpaired) electrons. The third-order valence-electron chi connectivity index (χ3n) is 6.01. The van der Waals surface area contributed by atoms with Gasteiger partial charge in [-0.15, -0.1) is 0 Å². The summed E-state index contributed by atoms with van der Waals surface area (Å²) in [5.74, 6) is 0.852. The average molecular weight is 234 g/mol. The van der Waals surface area contributed by atoms with E-state index < -0.39 is 0 Å². The summed E-state index contributed by atoms with van der Waals surface area (Å²) in [6.07, 6.45) is 9.12. The Balaban J connectivity index is 2.04. The van der Waals surface area contributed by atoms with Crippen LogP contribution in [0.4, 0.5) is 0 Å². The minimum atomic E-state index is 0.0681. The van der Waals surface area contributed by atoms with Crippen molar-refractivity contribution in [2.45, 2.75) is 65.4 Å². The summed E-state index contributed by atoms with van der Waals surface area (Å²) in [6.45, 7) is 10.6. The Kier molecular flexibility index (Phi) is 2.34. The van der Waals surface area contributed by atoms with E-state index in [1.807, 2.05) is 0 Å². The van der Waals surface area contributed by atoms with Crippen LogP contribution in [0.3, 0.4) is 0 Å². The normalized spacial score (nSPS) is 48.2. The summed E-state index contributed by atoms with van der Waals surface area (Å²) >= 11 is 0. The summed E-state index contributed by atoms with van der Waals surface area (Å²) in [5.41, 5.74) is 2.62. The highest BCUT2D eigenvalue weighted by Gasteiger charge is 2.56. The molecule has 17 heavy (non-hydrogen) atoms. The molecule has 2 saturated carbocycles. The summed E-state index contributed by atoms with van der Waals surface area (Å²) in [4.78, 5) is 0. The van der Waals surface area contributed by atoms with Gasteiger partial charge in [-0.25, -0.2) is 0 Å². The minimum absolute atomic E-state index is 0.0681. The van der Waals surface area contributed by atoms with Crippen LogP contribution in [0.1, 0.15) is 59.8 Å². The molecule has 0 unspecified atom stereocenters. The SMILES string of the molecule is CC1(C)CCC[C@@]2(C)C3=CCO[C@@]3(C)CC[C@@H]12. The second kappa shape index (κ2) is 3.38. The van der Waals surface area contributed by atoms with Gasteiger partial charge < -0.3 is 4.74 Å². The molecule has 2 aliphatic carbocycles. The van der Waals surface area contributed by atoms with Gasteiger partial charge in [0.25, 0.3) is 0 Å². The lowest BCUT2D eigenvalue weighted by Gasteiger charge is -2.58. The highest BCUT2D eigenvalue weighted by molar-refractivity contribution is 5.32. The van der Waals surface area contributed by atoms with E-state index in [0.717, 1.165) is 12.5 Å². The fraction of sp³-hybridized carbons (Fsp3) is 0.875. The second-order valence-electron chi connectivity index (χ2n) is 7.51. The van der Waals surface area contributed by atoms with Crippen LogP contribution < -0.4 is 0 Å². The number of hydrogen-bond acceptors (Lipinski definition) is 1. The smallest absolute Gasteiger partial charge is 0.0874 e. The van der Waals surface area contributed by atoms with Crippen molar-refractivity contribution < 1.29 is 4.74 Å². The fourth-order valence-electron chi connectivity index (χ4n) is 5.22. The molecule has 0 bridgehead atoms.